The van der Waals surface area contributed by atoms with Crippen LogP contribution in [-0.4, -0.2) is 41.2 Å². The van der Waals surface area contributed by atoms with E-state index < -0.39 is 16.1 Å². The number of hydrogen-bond acceptors (Lipinski definition) is 7. The summed E-state index contributed by atoms with van der Waals surface area (Å²) in [6, 6.07) is 13.7. The van der Waals surface area contributed by atoms with E-state index in [1.807, 2.05) is 43.3 Å². The van der Waals surface area contributed by atoms with Gasteiger partial charge in [0.25, 0.3) is 10.0 Å². The van der Waals surface area contributed by atoms with Crippen LogP contribution in [0, 0.1) is 6.92 Å². The summed E-state index contributed by atoms with van der Waals surface area (Å²) in [5.74, 6) is -0.300. The maximum Gasteiger partial charge on any atom is 0.253 e. The summed E-state index contributed by atoms with van der Waals surface area (Å²) in [7, 11) is -3.84. The fourth-order valence-corrected chi connectivity index (χ4v) is 8.40. The lowest BCUT2D eigenvalue weighted by Gasteiger charge is -2.28. The molecule has 1 fully saturated rings. The Labute approximate surface area is 210 Å². The van der Waals surface area contributed by atoms with Crippen LogP contribution in [-0.2, 0) is 21.4 Å². The van der Waals surface area contributed by atoms with Gasteiger partial charge < -0.3 is 0 Å². The number of para-hydroxylation sites is 1. The highest BCUT2D eigenvalue weighted by Gasteiger charge is 2.42. The molecular weight excluding hydrogens is 512 g/mol. The summed E-state index contributed by atoms with van der Waals surface area (Å²) in [5, 5.41) is 0.531. The Morgan fingerprint density at radius 2 is 2.03 bits per heavy atom. The third-order valence-electron chi connectivity index (χ3n) is 5.75. The van der Waals surface area contributed by atoms with Crippen molar-refractivity contribution < 1.29 is 13.2 Å². The Bertz CT molecular complexity index is 1450. The number of sulfonamides is 1. The molecule has 0 spiro atoms. The van der Waals surface area contributed by atoms with Gasteiger partial charge in [-0.25, -0.2) is 13.4 Å². The van der Waals surface area contributed by atoms with Crippen LogP contribution >= 0.6 is 34.3 Å². The van der Waals surface area contributed by atoms with Gasteiger partial charge in [0.2, 0.25) is 5.91 Å². The second kappa shape index (κ2) is 9.35. The molecule has 7 nitrogen and oxygen atoms in total. The van der Waals surface area contributed by atoms with Crippen molar-refractivity contribution in [3.8, 4) is 0 Å². The van der Waals surface area contributed by atoms with Crippen molar-refractivity contribution in [1.29, 1.82) is 0 Å². The number of amides is 1. The fraction of sp³-hybridized carbons (Fsp3) is 0.261. The SMILES string of the molecule is Cc1cccc2sc(N(Cc3ccccn3)C(=O)C3CCCN3S(=O)(=O)c3ccc(Cl)s3)nc12. The molecule has 5 rings (SSSR count). The number of pyridine rings is 1. The lowest BCUT2D eigenvalue weighted by atomic mass is 10.2. The lowest BCUT2D eigenvalue weighted by Crippen LogP contribution is -2.47. The van der Waals surface area contributed by atoms with Crippen LogP contribution in [0.25, 0.3) is 10.2 Å². The highest BCUT2D eigenvalue weighted by atomic mass is 35.5. The van der Waals surface area contributed by atoms with Gasteiger partial charge in [0.05, 0.1) is 26.8 Å². The molecule has 1 saturated heterocycles. The number of benzene rings is 1. The number of anilines is 1. The Hall–Kier alpha value is -2.37. The number of nitrogens with zero attached hydrogens (tertiary/aromatic N) is 4. The molecule has 1 unspecified atom stereocenters. The fourth-order valence-electron chi connectivity index (χ4n) is 4.09. The highest BCUT2D eigenvalue weighted by molar-refractivity contribution is 7.91. The molecule has 1 amide bonds. The zero-order valence-electron chi connectivity index (χ0n) is 18.2. The smallest absolute Gasteiger partial charge is 0.253 e. The number of aromatic nitrogens is 2. The second-order valence-electron chi connectivity index (χ2n) is 8.00. The van der Waals surface area contributed by atoms with E-state index in [4.69, 9.17) is 16.6 Å². The number of rotatable bonds is 6. The summed E-state index contributed by atoms with van der Waals surface area (Å²) >= 11 is 8.41. The van der Waals surface area contributed by atoms with E-state index in [9.17, 15) is 13.2 Å². The predicted molar refractivity (Wildman–Crippen MR) is 136 cm³/mol. The molecule has 0 radical (unpaired) electrons. The van der Waals surface area contributed by atoms with Crippen molar-refractivity contribution >= 4 is 65.6 Å². The minimum absolute atomic E-state index is 0.143. The van der Waals surface area contributed by atoms with Crippen LogP contribution in [0.2, 0.25) is 4.34 Å². The van der Waals surface area contributed by atoms with Crippen LogP contribution in [0.1, 0.15) is 24.1 Å². The number of thiophene rings is 1. The first-order valence-electron chi connectivity index (χ1n) is 10.7. The molecule has 4 aromatic rings. The van der Waals surface area contributed by atoms with Gasteiger partial charge in [0.1, 0.15) is 10.3 Å². The Morgan fingerprint density at radius 1 is 1.18 bits per heavy atom. The lowest BCUT2D eigenvalue weighted by molar-refractivity contribution is -0.121. The zero-order valence-corrected chi connectivity index (χ0v) is 21.4. The van der Waals surface area contributed by atoms with Crippen molar-refractivity contribution in [2.24, 2.45) is 0 Å². The average Bonchev–Trinajstić information content (AvgIpc) is 3.57. The normalized spacial score (nSPS) is 16.8. The predicted octanol–water partition coefficient (Wildman–Crippen LogP) is 5.10. The first-order valence-corrected chi connectivity index (χ1v) is 14.1. The van der Waals surface area contributed by atoms with Gasteiger partial charge in [-0.1, -0.05) is 41.1 Å². The molecular formula is C23H21ClN4O3S3. The molecule has 0 bridgehead atoms. The highest BCUT2D eigenvalue weighted by Crippen LogP contribution is 2.36. The van der Waals surface area contributed by atoms with Crippen LogP contribution in [0.4, 0.5) is 5.13 Å². The molecule has 1 aliphatic heterocycles. The third kappa shape index (κ3) is 4.36. The van der Waals surface area contributed by atoms with E-state index in [-0.39, 0.29) is 23.2 Å². The second-order valence-corrected chi connectivity index (χ2v) is 12.8. The van der Waals surface area contributed by atoms with Crippen molar-refractivity contribution in [2.75, 3.05) is 11.4 Å². The number of halogens is 1. The van der Waals surface area contributed by atoms with Crippen molar-refractivity contribution in [1.82, 2.24) is 14.3 Å². The summed E-state index contributed by atoms with van der Waals surface area (Å²) in [4.78, 5) is 24.7. The minimum atomic E-state index is -3.84. The topological polar surface area (TPSA) is 83.5 Å². The summed E-state index contributed by atoms with van der Waals surface area (Å²) in [6.07, 6.45) is 2.72. The zero-order chi connectivity index (χ0) is 23.9. The molecule has 1 atom stereocenters. The summed E-state index contributed by atoms with van der Waals surface area (Å²) in [6.45, 7) is 2.46. The van der Waals surface area contributed by atoms with Gasteiger partial charge in [-0.2, -0.15) is 4.31 Å². The van der Waals surface area contributed by atoms with Crippen LogP contribution in [0.5, 0.6) is 0 Å². The van der Waals surface area contributed by atoms with Crippen LogP contribution in [0.15, 0.2) is 58.9 Å². The molecule has 0 saturated carbocycles. The van der Waals surface area contributed by atoms with E-state index in [1.54, 1.807) is 17.2 Å². The largest absolute Gasteiger partial charge is 0.281 e. The van der Waals surface area contributed by atoms with Crippen molar-refractivity contribution in [3.63, 3.8) is 0 Å². The van der Waals surface area contributed by atoms with Crippen LogP contribution < -0.4 is 4.90 Å². The third-order valence-corrected chi connectivity index (χ3v) is 10.4. The minimum Gasteiger partial charge on any atom is -0.281 e. The van der Waals surface area contributed by atoms with Crippen molar-refractivity contribution in [2.45, 2.75) is 36.6 Å². The van der Waals surface area contributed by atoms with Gasteiger partial charge in [-0.3, -0.25) is 14.7 Å². The number of fused-ring (bicyclic) bond motifs is 1. The maximum absolute atomic E-state index is 13.9. The molecule has 1 aromatic carbocycles. The molecule has 176 valence electrons. The number of aryl methyl sites for hydroxylation is 1. The van der Waals surface area contributed by atoms with E-state index in [1.165, 1.54) is 21.7 Å². The number of carbonyl (C=O) groups excluding carboxylic acids is 1. The quantitative estimate of drug-likeness (QED) is 0.345. The van der Waals surface area contributed by atoms with Crippen molar-refractivity contribution in [3.05, 3.63) is 70.3 Å². The number of carbonyl (C=O) groups is 1. The van der Waals surface area contributed by atoms with Gasteiger partial charge in [-0.05, 0) is 55.7 Å². The molecule has 4 heterocycles. The van der Waals surface area contributed by atoms with Crippen LogP contribution in [0.3, 0.4) is 0 Å². The van der Waals surface area contributed by atoms with Gasteiger partial charge in [0.15, 0.2) is 5.13 Å². The van der Waals surface area contributed by atoms with E-state index in [2.05, 4.69) is 4.98 Å². The molecule has 0 aliphatic carbocycles. The molecule has 3 aromatic heterocycles. The van der Waals surface area contributed by atoms with Gasteiger partial charge in [-0.15, -0.1) is 11.3 Å². The first kappa shape index (κ1) is 23.4. The molecule has 1 aliphatic rings. The number of hydrogen-bond donors (Lipinski definition) is 0. The Kier molecular flexibility index (Phi) is 6.43. The monoisotopic (exact) mass is 532 g/mol. The summed E-state index contributed by atoms with van der Waals surface area (Å²) < 4.78 is 29.5. The summed E-state index contributed by atoms with van der Waals surface area (Å²) in [5.41, 5.74) is 2.56. The molecule has 0 N–H and O–H groups in total. The van der Waals surface area contributed by atoms with E-state index in [0.29, 0.717) is 28.0 Å². The number of thiazole rings is 1. The Balaban J connectivity index is 1.53. The first-order chi connectivity index (χ1) is 16.3. The molecule has 34 heavy (non-hydrogen) atoms. The van der Waals surface area contributed by atoms with E-state index in [0.717, 1.165) is 27.1 Å². The average molecular weight is 533 g/mol. The maximum atomic E-state index is 13.9. The van der Waals surface area contributed by atoms with Gasteiger partial charge >= 0.3 is 0 Å². The van der Waals surface area contributed by atoms with E-state index >= 15 is 0 Å². The van der Waals surface area contributed by atoms with Gasteiger partial charge in [0, 0.05) is 12.7 Å². The molecule has 11 heteroatoms. The standard InChI is InChI=1S/C23H21ClN4O3S3/c1-15-6-4-9-18-21(15)26-23(32-18)27(14-16-7-2-3-12-25-16)22(29)17-8-5-13-28(17)34(30,31)20-11-10-19(24)33-20/h2-4,6-7,9-12,17H,5,8,13-14H2,1H3. The Morgan fingerprint density at radius 3 is 2.74 bits per heavy atom.